The second kappa shape index (κ2) is 12.0. The summed E-state index contributed by atoms with van der Waals surface area (Å²) < 4.78 is 0. The van der Waals surface area contributed by atoms with E-state index in [4.69, 9.17) is 0 Å². The van der Waals surface area contributed by atoms with E-state index in [1.54, 1.807) is 41.3 Å². The number of benzene rings is 2. The molecule has 1 aliphatic rings. The first-order valence-electron chi connectivity index (χ1n) is 11.8. The molecule has 3 rings (SSSR count). The highest BCUT2D eigenvalue weighted by molar-refractivity contribution is 5.97. The molecular formula is C26H34N4O3. The number of hydrogen-bond acceptors (Lipinski definition) is 4. The van der Waals surface area contributed by atoms with Gasteiger partial charge in [-0.05, 0) is 69.2 Å². The van der Waals surface area contributed by atoms with Crippen molar-refractivity contribution in [3.63, 3.8) is 0 Å². The van der Waals surface area contributed by atoms with E-state index in [1.165, 1.54) is 6.42 Å². The first kappa shape index (κ1) is 24.3. The van der Waals surface area contributed by atoms with E-state index >= 15 is 0 Å². The Kier molecular flexibility index (Phi) is 8.87. The maximum absolute atomic E-state index is 12.6. The Morgan fingerprint density at radius 3 is 2.24 bits per heavy atom. The predicted octanol–water partition coefficient (Wildman–Crippen LogP) is 4.28. The maximum Gasteiger partial charge on any atom is 0.253 e. The lowest BCUT2D eigenvalue weighted by molar-refractivity contribution is -0.114. The zero-order valence-corrected chi connectivity index (χ0v) is 19.5. The molecule has 0 aliphatic heterocycles. The summed E-state index contributed by atoms with van der Waals surface area (Å²) in [6.45, 7) is 5.27. The number of nitrogens with one attached hydrogen (secondary N) is 3. The van der Waals surface area contributed by atoms with E-state index in [0.29, 0.717) is 35.6 Å². The first-order valence-corrected chi connectivity index (χ1v) is 11.8. The minimum Gasteiger partial charge on any atom is -0.376 e. The Hall–Kier alpha value is -3.35. The summed E-state index contributed by atoms with van der Waals surface area (Å²) in [5, 5.41) is 9.01. The zero-order chi connectivity index (χ0) is 23.6. The van der Waals surface area contributed by atoms with Gasteiger partial charge < -0.3 is 20.9 Å². The van der Waals surface area contributed by atoms with Crippen molar-refractivity contribution in [3.8, 4) is 0 Å². The van der Waals surface area contributed by atoms with Gasteiger partial charge in [0.2, 0.25) is 5.91 Å². The van der Waals surface area contributed by atoms with Crippen molar-refractivity contribution in [3.05, 3.63) is 59.7 Å². The molecule has 1 fully saturated rings. The van der Waals surface area contributed by atoms with E-state index < -0.39 is 0 Å². The lowest BCUT2D eigenvalue weighted by atomic mass is 9.95. The third kappa shape index (κ3) is 7.07. The van der Waals surface area contributed by atoms with Crippen molar-refractivity contribution >= 4 is 29.1 Å². The van der Waals surface area contributed by atoms with Crippen LogP contribution in [-0.2, 0) is 4.79 Å². The van der Waals surface area contributed by atoms with Gasteiger partial charge in [-0.1, -0.05) is 25.3 Å². The Morgan fingerprint density at radius 1 is 0.879 bits per heavy atom. The largest absolute Gasteiger partial charge is 0.376 e. The highest BCUT2D eigenvalue weighted by Crippen LogP contribution is 2.18. The minimum absolute atomic E-state index is 0.0213. The van der Waals surface area contributed by atoms with Crippen LogP contribution in [0.4, 0.5) is 11.4 Å². The molecule has 3 amide bonds. The fraction of sp³-hybridized carbons (Fsp3) is 0.423. The second-order valence-corrected chi connectivity index (χ2v) is 8.35. The summed E-state index contributed by atoms with van der Waals surface area (Å²) in [7, 11) is 0. The van der Waals surface area contributed by atoms with Crippen LogP contribution in [-0.4, -0.2) is 48.3 Å². The summed E-state index contributed by atoms with van der Waals surface area (Å²) in [6.07, 6.45) is 5.64. The van der Waals surface area contributed by atoms with E-state index in [2.05, 4.69) is 16.0 Å². The molecule has 0 radical (unpaired) electrons. The SMILES string of the molecule is CCN(CC)C(=O)c1ccc(NC(=O)CNc2cccc(C(=O)NC3CCCCC3)c2)cc1. The summed E-state index contributed by atoms with van der Waals surface area (Å²) in [6, 6.07) is 14.3. The summed E-state index contributed by atoms with van der Waals surface area (Å²) in [4.78, 5) is 39.1. The van der Waals surface area contributed by atoms with Crippen LogP contribution in [0.25, 0.3) is 0 Å². The molecular weight excluding hydrogens is 416 g/mol. The standard InChI is InChI=1S/C26H34N4O3/c1-3-30(4-2)26(33)19-13-15-22(16-14-19)28-24(31)18-27-23-12-8-9-20(17-23)25(32)29-21-10-6-5-7-11-21/h8-9,12-17,21,27H,3-7,10-11,18H2,1-2H3,(H,28,31)(H,29,32). The number of rotatable bonds is 9. The normalized spacial score (nSPS) is 13.8. The van der Waals surface area contributed by atoms with Crippen molar-refractivity contribution in [1.82, 2.24) is 10.2 Å². The molecule has 0 spiro atoms. The number of carbonyl (C=O) groups is 3. The van der Waals surface area contributed by atoms with Crippen molar-refractivity contribution in [2.75, 3.05) is 30.3 Å². The molecule has 176 valence electrons. The molecule has 0 heterocycles. The van der Waals surface area contributed by atoms with Gasteiger partial charge in [0.25, 0.3) is 11.8 Å². The van der Waals surface area contributed by atoms with Crippen LogP contribution in [0.1, 0.15) is 66.7 Å². The molecule has 7 heteroatoms. The third-order valence-electron chi connectivity index (χ3n) is 5.98. The van der Waals surface area contributed by atoms with Gasteiger partial charge in [0.15, 0.2) is 0 Å². The third-order valence-corrected chi connectivity index (χ3v) is 5.98. The van der Waals surface area contributed by atoms with Gasteiger partial charge in [-0.15, -0.1) is 0 Å². The molecule has 7 nitrogen and oxygen atoms in total. The van der Waals surface area contributed by atoms with Gasteiger partial charge in [0, 0.05) is 41.6 Å². The number of hydrogen-bond donors (Lipinski definition) is 3. The van der Waals surface area contributed by atoms with Crippen molar-refractivity contribution in [2.45, 2.75) is 52.0 Å². The van der Waals surface area contributed by atoms with Crippen LogP contribution < -0.4 is 16.0 Å². The quantitative estimate of drug-likeness (QED) is 0.532. The van der Waals surface area contributed by atoms with E-state index in [1.807, 2.05) is 26.0 Å². The molecule has 2 aromatic carbocycles. The fourth-order valence-corrected chi connectivity index (χ4v) is 4.06. The van der Waals surface area contributed by atoms with E-state index in [-0.39, 0.29) is 30.3 Å². The minimum atomic E-state index is -0.213. The molecule has 0 atom stereocenters. The predicted molar refractivity (Wildman–Crippen MR) is 132 cm³/mol. The Balaban J connectivity index is 1.50. The summed E-state index contributed by atoms with van der Waals surface area (Å²) in [5.41, 5.74) is 2.51. The molecule has 1 aliphatic carbocycles. The first-order chi connectivity index (χ1) is 16.0. The van der Waals surface area contributed by atoms with Crippen LogP contribution >= 0.6 is 0 Å². The monoisotopic (exact) mass is 450 g/mol. The molecule has 33 heavy (non-hydrogen) atoms. The van der Waals surface area contributed by atoms with Crippen molar-refractivity contribution in [1.29, 1.82) is 0 Å². The molecule has 0 aromatic heterocycles. The van der Waals surface area contributed by atoms with Crippen LogP contribution in [0.5, 0.6) is 0 Å². The summed E-state index contributed by atoms with van der Waals surface area (Å²) >= 11 is 0. The summed E-state index contributed by atoms with van der Waals surface area (Å²) in [5.74, 6) is -0.309. The fourth-order valence-electron chi connectivity index (χ4n) is 4.06. The van der Waals surface area contributed by atoms with Crippen LogP contribution in [0, 0.1) is 0 Å². The molecule has 3 N–H and O–H groups in total. The Labute approximate surface area is 195 Å². The topological polar surface area (TPSA) is 90.5 Å². The molecule has 2 aromatic rings. The van der Waals surface area contributed by atoms with E-state index in [9.17, 15) is 14.4 Å². The Morgan fingerprint density at radius 2 is 1.58 bits per heavy atom. The van der Waals surface area contributed by atoms with Gasteiger partial charge in [-0.2, -0.15) is 0 Å². The average Bonchev–Trinajstić information content (AvgIpc) is 2.84. The molecule has 0 unspecified atom stereocenters. The number of anilines is 2. The van der Waals surface area contributed by atoms with Crippen LogP contribution in [0.3, 0.4) is 0 Å². The van der Waals surface area contributed by atoms with Gasteiger partial charge in [-0.25, -0.2) is 0 Å². The highest BCUT2D eigenvalue weighted by atomic mass is 16.2. The average molecular weight is 451 g/mol. The lowest BCUT2D eigenvalue weighted by Crippen LogP contribution is -2.36. The Bertz CT molecular complexity index is 948. The maximum atomic E-state index is 12.6. The van der Waals surface area contributed by atoms with Crippen LogP contribution in [0.15, 0.2) is 48.5 Å². The van der Waals surface area contributed by atoms with Gasteiger partial charge in [0.05, 0.1) is 6.54 Å². The highest BCUT2D eigenvalue weighted by Gasteiger charge is 2.17. The zero-order valence-electron chi connectivity index (χ0n) is 19.5. The number of amides is 3. The van der Waals surface area contributed by atoms with Crippen LogP contribution in [0.2, 0.25) is 0 Å². The molecule has 0 bridgehead atoms. The van der Waals surface area contributed by atoms with Gasteiger partial charge in [0.1, 0.15) is 0 Å². The number of nitrogens with zero attached hydrogens (tertiary/aromatic N) is 1. The second-order valence-electron chi connectivity index (χ2n) is 8.35. The van der Waals surface area contributed by atoms with Gasteiger partial charge in [-0.3, -0.25) is 14.4 Å². The number of carbonyl (C=O) groups excluding carboxylic acids is 3. The van der Waals surface area contributed by atoms with Crippen molar-refractivity contribution in [2.24, 2.45) is 0 Å². The smallest absolute Gasteiger partial charge is 0.253 e. The van der Waals surface area contributed by atoms with Crippen molar-refractivity contribution < 1.29 is 14.4 Å². The molecule has 1 saturated carbocycles. The van der Waals surface area contributed by atoms with E-state index in [0.717, 1.165) is 25.7 Å². The molecule has 0 saturated heterocycles. The lowest BCUT2D eigenvalue weighted by Gasteiger charge is -2.22. The van der Waals surface area contributed by atoms with Gasteiger partial charge >= 0.3 is 0 Å².